The maximum atomic E-state index is 4.15. The third-order valence-electron chi connectivity index (χ3n) is 1.36. The fraction of sp³-hybridized carbons (Fsp3) is 0. The molecule has 0 fully saturated rings. The van der Waals surface area contributed by atoms with Gasteiger partial charge in [0.2, 0.25) is 0 Å². The van der Waals surface area contributed by atoms with E-state index in [4.69, 9.17) is 0 Å². The largest absolute Gasteiger partial charge is 0.257 e. The van der Waals surface area contributed by atoms with Gasteiger partial charge in [-0.2, -0.15) is 0 Å². The molecule has 0 amide bonds. The lowest BCUT2D eigenvalue weighted by Crippen LogP contribution is -1.74. The van der Waals surface area contributed by atoms with E-state index in [1.54, 1.807) is 11.2 Å². The van der Waals surface area contributed by atoms with Gasteiger partial charge in [0.25, 0.3) is 0 Å². The number of hydrogen-bond donors (Lipinski definition) is 0. The van der Waals surface area contributed by atoms with Gasteiger partial charge in [0.15, 0.2) is 0 Å². The fourth-order valence-electron chi connectivity index (χ4n) is 0.799. The van der Waals surface area contributed by atoms with Crippen LogP contribution in [0.5, 0.6) is 0 Å². The number of aromatic nitrogens is 1. The highest BCUT2D eigenvalue weighted by Gasteiger charge is 1.80. The van der Waals surface area contributed by atoms with E-state index in [-0.39, 0.29) is 0 Å². The van der Waals surface area contributed by atoms with Crippen LogP contribution in [0.1, 0.15) is 5.69 Å². The maximum absolute atomic E-state index is 4.15. The van der Waals surface area contributed by atoms with Gasteiger partial charge >= 0.3 is 0 Å². The molecular formula is C11H10BrN. The summed E-state index contributed by atoms with van der Waals surface area (Å²) >= 11 is 3.18. The van der Waals surface area contributed by atoms with Gasteiger partial charge in [-0.3, -0.25) is 4.98 Å². The molecule has 1 aromatic rings. The molecule has 0 spiro atoms. The monoisotopic (exact) mass is 235 g/mol. The lowest BCUT2D eigenvalue weighted by molar-refractivity contribution is 1.30. The van der Waals surface area contributed by atoms with Crippen molar-refractivity contribution in [3.05, 3.63) is 59.4 Å². The number of allylic oxidation sites excluding steroid dienone is 4. The Morgan fingerprint density at radius 2 is 1.92 bits per heavy atom. The minimum Gasteiger partial charge on any atom is -0.257 e. The average Bonchev–Trinajstić information content (AvgIpc) is 2.19. The first kappa shape index (κ1) is 9.93. The molecule has 1 rings (SSSR count). The van der Waals surface area contributed by atoms with Crippen molar-refractivity contribution in [2.24, 2.45) is 0 Å². The summed E-state index contributed by atoms with van der Waals surface area (Å²) in [7, 11) is 0. The van der Waals surface area contributed by atoms with E-state index in [0.717, 1.165) is 5.69 Å². The summed E-state index contributed by atoms with van der Waals surface area (Å²) in [6, 6.07) is 5.83. The molecule has 0 N–H and O–H groups in total. The van der Waals surface area contributed by atoms with Gasteiger partial charge in [-0.1, -0.05) is 46.3 Å². The summed E-state index contributed by atoms with van der Waals surface area (Å²) in [6.07, 6.45) is 11.5. The quantitative estimate of drug-likeness (QED) is 0.731. The summed E-state index contributed by atoms with van der Waals surface area (Å²) in [5.74, 6) is 0. The van der Waals surface area contributed by atoms with Crippen molar-refractivity contribution in [1.82, 2.24) is 4.98 Å². The molecule has 0 radical (unpaired) electrons. The lowest BCUT2D eigenvalue weighted by Gasteiger charge is -1.87. The molecule has 0 aliphatic carbocycles. The van der Waals surface area contributed by atoms with E-state index in [2.05, 4.69) is 20.9 Å². The van der Waals surface area contributed by atoms with Crippen molar-refractivity contribution in [2.75, 3.05) is 0 Å². The standard InChI is InChI=1S/C11H10BrN/c12-9-5-2-1-3-7-11-8-4-6-10-13-11/h1-10H/b2-1+,7-3+,9-5-. The first-order valence-corrected chi connectivity index (χ1v) is 4.86. The van der Waals surface area contributed by atoms with E-state index in [9.17, 15) is 0 Å². The normalized spacial score (nSPS) is 12.1. The second-order valence-corrected chi connectivity index (χ2v) is 2.85. The van der Waals surface area contributed by atoms with E-state index in [1.165, 1.54) is 0 Å². The molecule has 0 bridgehead atoms. The highest BCUT2D eigenvalue weighted by molar-refractivity contribution is 9.11. The van der Waals surface area contributed by atoms with Crippen LogP contribution in [-0.2, 0) is 0 Å². The van der Waals surface area contributed by atoms with Crippen LogP contribution in [0.3, 0.4) is 0 Å². The molecule has 0 saturated heterocycles. The van der Waals surface area contributed by atoms with Crippen LogP contribution in [0.2, 0.25) is 0 Å². The van der Waals surface area contributed by atoms with E-state index in [1.807, 2.05) is 48.6 Å². The molecule has 66 valence electrons. The van der Waals surface area contributed by atoms with Crippen molar-refractivity contribution < 1.29 is 0 Å². The van der Waals surface area contributed by atoms with E-state index < -0.39 is 0 Å². The molecule has 0 unspecified atom stereocenters. The van der Waals surface area contributed by atoms with Gasteiger partial charge in [0.1, 0.15) is 0 Å². The smallest absolute Gasteiger partial charge is 0.0629 e. The molecule has 0 atom stereocenters. The average molecular weight is 236 g/mol. The first-order valence-electron chi connectivity index (χ1n) is 3.94. The van der Waals surface area contributed by atoms with Crippen LogP contribution in [-0.4, -0.2) is 4.98 Å². The Labute approximate surface area is 86.6 Å². The summed E-state index contributed by atoms with van der Waals surface area (Å²) in [5.41, 5.74) is 0.968. The minimum absolute atomic E-state index is 0.968. The molecule has 0 aromatic carbocycles. The van der Waals surface area contributed by atoms with Crippen molar-refractivity contribution in [1.29, 1.82) is 0 Å². The van der Waals surface area contributed by atoms with Gasteiger partial charge in [-0.25, -0.2) is 0 Å². The third-order valence-corrected chi connectivity index (χ3v) is 1.67. The number of rotatable bonds is 3. The van der Waals surface area contributed by atoms with Crippen molar-refractivity contribution >= 4 is 22.0 Å². The number of hydrogen-bond acceptors (Lipinski definition) is 1. The SMILES string of the molecule is Br\C=C/C=C/C=C/c1ccccn1. The Kier molecular flexibility index (Phi) is 4.87. The van der Waals surface area contributed by atoms with E-state index >= 15 is 0 Å². The van der Waals surface area contributed by atoms with Gasteiger partial charge < -0.3 is 0 Å². The summed E-state index contributed by atoms with van der Waals surface area (Å²) in [4.78, 5) is 5.95. The fourth-order valence-corrected chi connectivity index (χ4v) is 0.975. The van der Waals surface area contributed by atoms with Crippen LogP contribution < -0.4 is 0 Å². The minimum atomic E-state index is 0.968. The number of nitrogens with zero attached hydrogens (tertiary/aromatic N) is 1. The zero-order valence-electron chi connectivity index (χ0n) is 7.10. The van der Waals surface area contributed by atoms with Crippen molar-refractivity contribution in [3.8, 4) is 0 Å². The topological polar surface area (TPSA) is 12.9 Å². The Morgan fingerprint density at radius 3 is 2.62 bits per heavy atom. The van der Waals surface area contributed by atoms with E-state index in [0.29, 0.717) is 0 Å². The molecule has 0 aliphatic rings. The van der Waals surface area contributed by atoms with Crippen LogP contribution in [0.15, 0.2) is 53.7 Å². The van der Waals surface area contributed by atoms with Crippen LogP contribution in [0, 0.1) is 0 Å². The second-order valence-electron chi connectivity index (χ2n) is 2.32. The molecule has 1 heterocycles. The van der Waals surface area contributed by atoms with Crippen LogP contribution >= 0.6 is 15.9 Å². The Balaban J connectivity index is 2.50. The number of pyridine rings is 1. The third kappa shape index (κ3) is 4.43. The molecule has 0 saturated carbocycles. The Bertz CT molecular complexity index is 312. The maximum Gasteiger partial charge on any atom is 0.0629 e. The molecule has 13 heavy (non-hydrogen) atoms. The van der Waals surface area contributed by atoms with Gasteiger partial charge in [-0.05, 0) is 23.2 Å². The number of halogens is 1. The Morgan fingerprint density at radius 1 is 1.08 bits per heavy atom. The molecule has 1 nitrogen and oxygen atoms in total. The molecule has 1 aromatic heterocycles. The Hall–Kier alpha value is -1.15. The predicted octanol–water partition coefficient (Wildman–Crippen LogP) is 3.56. The van der Waals surface area contributed by atoms with Crippen molar-refractivity contribution in [2.45, 2.75) is 0 Å². The summed E-state index contributed by atoms with van der Waals surface area (Å²) < 4.78 is 0. The second kappa shape index (κ2) is 6.38. The summed E-state index contributed by atoms with van der Waals surface area (Å²) in [6.45, 7) is 0. The first-order chi connectivity index (χ1) is 6.43. The lowest BCUT2D eigenvalue weighted by atomic mass is 10.3. The highest BCUT2D eigenvalue weighted by Crippen LogP contribution is 1.96. The van der Waals surface area contributed by atoms with Crippen LogP contribution in [0.25, 0.3) is 6.08 Å². The highest BCUT2D eigenvalue weighted by atomic mass is 79.9. The molecule has 2 heteroatoms. The predicted molar refractivity (Wildman–Crippen MR) is 60.5 cm³/mol. The molecule has 0 aliphatic heterocycles. The zero-order valence-corrected chi connectivity index (χ0v) is 8.68. The van der Waals surface area contributed by atoms with Crippen molar-refractivity contribution in [3.63, 3.8) is 0 Å². The van der Waals surface area contributed by atoms with Gasteiger partial charge in [0.05, 0.1) is 5.69 Å². The van der Waals surface area contributed by atoms with Gasteiger partial charge in [0, 0.05) is 6.20 Å². The van der Waals surface area contributed by atoms with Crippen LogP contribution in [0.4, 0.5) is 0 Å². The molecular weight excluding hydrogens is 226 g/mol. The zero-order chi connectivity index (χ0) is 9.36. The summed E-state index contributed by atoms with van der Waals surface area (Å²) in [5, 5.41) is 0. The van der Waals surface area contributed by atoms with Gasteiger partial charge in [-0.15, -0.1) is 0 Å².